The molecular formula is C25H25N3O6. The van der Waals surface area contributed by atoms with Crippen LogP contribution in [0.3, 0.4) is 0 Å². The molecule has 0 saturated heterocycles. The lowest BCUT2D eigenvalue weighted by Gasteiger charge is -2.36. The molecule has 0 aliphatic carbocycles. The third-order valence-electron chi connectivity index (χ3n) is 5.55. The van der Waals surface area contributed by atoms with E-state index in [1.165, 1.54) is 33.3 Å². The normalized spacial score (nSPS) is 15.5. The summed E-state index contributed by atoms with van der Waals surface area (Å²) < 4.78 is 20.9. The molecule has 0 saturated carbocycles. The topological polar surface area (TPSA) is 124 Å². The Bertz CT molecular complexity index is 1230. The zero-order valence-electron chi connectivity index (χ0n) is 19.5. The van der Waals surface area contributed by atoms with Crippen molar-refractivity contribution in [1.29, 1.82) is 5.26 Å². The van der Waals surface area contributed by atoms with Crippen LogP contribution in [0.1, 0.15) is 17.0 Å². The predicted molar refractivity (Wildman–Crippen MR) is 124 cm³/mol. The molecule has 2 aromatic carbocycles. The molecule has 1 unspecified atom stereocenters. The molecule has 2 aromatic rings. The summed E-state index contributed by atoms with van der Waals surface area (Å²) in [7, 11) is 5.36. The van der Waals surface area contributed by atoms with E-state index in [9.17, 15) is 14.9 Å². The molecule has 1 heterocycles. The first-order valence-corrected chi connectivity index (χ1v) is 10.2. The molecule has 0 spiro atoms. The lowest BCUT2D eigenvalue weighted by atomic mass is 9.80. The van der Waals surface area contributed by atoms with E-state index in [-0.39, 0.29) is 22.7 Å². The Labute approximate surface area is 197 Å². The number of hydrogen-bond acceptors (Lipinski definition) is 9. The number of nitrogens with two attached hydrogens (primary N) is 1. The van der Waals surface area contributed by atoms with Crippen molar-refractivity contribution in [3.8, 4) is 17.6 Å². The number of benzene rings is 2. The second-order valence-electron chi connectivity index (χ2n) is 7.33. The number of carbonyl (C=O) groups is 2. The number of methoxy groups -OCH3 is 4. The number of esters is 2. The first kappa shape index (κ1) is 24.2. The monoisotopic (exact) mass is 463 g/mol. The highest BCUT2D eigenvalue weighted by Crippen LogP contribution is 2.45. The predicted octanol–water partition coefficient (Wildman–Crippen LogP) is 2.91. The average molecular weight is 463 g/mol. The molecule has 0 bridgehead atoms. The number of allylic oxidation sites excluding steroid dienone is 1. The van der Waals surface area contributed by atoms with Gasteiger partial charge >= 0.3 is 11.9 Å². The third kappa shape index (κ3) is 4.01. The van der Waals surface area contributed by atoms with Crippen LogP contribution in [-0.2, 0) is 19.1 Å². The first-order chi connectivity index (χ1) is 16.3. The van der Waals surface area contributed by atoms with Crippen molar-refractivity contribution in [3.05, 3.63) is 76.3 Å². The summed E-state index contributed by atoms with van der Waals surface area (Å²) in [5.74, 6) is -1.76. The smallest absolute Gasteiger partial charge is 0.355 e. The largest absolute Gasteiger partial charge is 0.493 e. The summed E-state index contributed by atoms with van der Waals surface area (Å²) in [4.78, 5) is 27.6. The Kier molecular flexibility index (Phi) is 7.12. The van der Waals surface area contributed by atoms with Crippen molar-refractivity contribution in [2.75, 3.05) is 33.3 Å². The molecule has 3 rings (SSSR count). The van der Waals surface area contributed by atoms with Gasteiger partial charge in [0, 0.05) is 6.07 Å². The van der Waals surface area contributed by atoms with Crippen LogP contribution in [0.2, 0.25) is 0 Å². The van der Waals surface area contributed by atoms with Crippen LogP contribution in [-0.4, -0.2) is 40.4 Å². The minimum Gasteiger partial charge on any atom is -0.493 e. The van der Waals surface area contributed by atoms with Crippen molar-refractivity contribution in [1.82, 2.24) is 0 Å². The van der Waals surface area contributed by atoms with E-state index in [0.29, 0.717) is 28.3 Å². The Hall–Kier alpha value is -4.45. The fraction of sp³-hybridized carbons (Fsp3) is 0.240. The van der Waals surface area contributed by atoms with Gasteiger partial charge in [-0.05, 0) is 24.1 Å². The second kappa shape index (κ2) is 10.0. The fourth-order valence-electron chi connectivity index (χ4n) is 3.97. The van der Waals surface area contributed by atoms with Gasteiger partial charge in [0.1, 0.15) is 11.5 Å². The molecule has 0 fully saturated rings. The molecule has 1 aliphatic heterocycles. The van der Waals surface area contributed by atoms with Crippen LogP contribution in [0.5, 0.6) is 11.5 Å². The van der Waals surface area contributed by atoms with E-state index in [0.717, 1.165) is 0 Å². The molecule has 34 heavy (non-hydrogen) atoms. The molecule has 1 aliphatic rings. The Balaban J connectivity index is 2.45. The molecule has 0 radical (unpaired) electrons. The lowest BCUT2D eigenvalue weighted by Crippen LogP contribution is -2.41. The van der Waals surface area contributed by atoms with Crippen LogP contribution in [0, 0.1) is 18.3 Å². The SMILES string of the molecule is COC(=O)C1=C(C(=O)OC)N(c2cc(OC)c(OC)cc2C)C(N)=C(C#N)C1c1ccccc1. The fourth-order valence-corrected chi connectivity index (χ4v) is 3.97. The minimum absolute atomic E-state index is 0.0280. The maximum absolute atomic E-state index is 13.1. The molecule has 176 valence electrons. The highest BCUT2D eigenvalue weighted by molar-refractivity contribution is 6.06. The number of anilines is 1. The van der Waals surface area contributed by atoms with Gasteiger partial charge in [-0.2, -0.15) is 5.26 Å². The summed E-state index contributed by atoms with van der Waals surface area (Å²) in [6, 6.07) is 14.2. The Morgan fingerprint density at radius 3 is 2.09 bits per heavy atom. The van der Waals surface area contributed by atoms with Gasteiger partial charge in [-0.15, -0.1) is 0 Å². The summed E-state index contributed by atoms with van der Waals surface area (Å²) in [6.45, 7) is 1.77. The van der Waals surface area contributed by atoms with Gasteiger partial charge in [0.2, 0.25) is 0 Å². The molecule has 9 nitrogen and oxygen atoms in total. The number of carbonyl (C=O) groups excluding carboxylic acids is 2. The van der Waals surface area contributed by atoms with Gasteiger partial charge < -0.3 is 24.7 Å². The number of hydrogen-bond donors (Lipinski definition) is 1. The maximum atomic E-state index is 13.1. The van der Waals surface area contributed by atoms with Crippen LogP contribution >= 0.6 is 0 Å². The van der Waals surface area contributed by atoms with Crippen molar-refractivity contribution in [2.45, 2.75) is 12.8 Å². The van der Waals surface area contributed by atoms with Crippen molar-refractivity contribution < 1.29 is 28.5 Å². The maximum Gasteiger partial charge on any atom is 0.355 e. The summed E-state index contributed by atoms with van der Waals surface area (Å²) in [5, 5.41) is 10.1. The number of rotatable bonds is 6. The number of nitrogens with zero attached hydrogens (tertiary/aromatic N) is 2. The van der Waals surface area contributed by atoms with E-state index in [2.05, 4.69) is 6.07 Å². The van der Waals surface area contributed by atoms with Crippen molar-refractivity contribution in [2.24, 2.45) is 5.73 Å². The summed E-state index contributed by atoms with van der Waals surface area (Å²) >= 11 is 0. The van der Waals surface area contributed by atoms with Crippen LogP contribution in [0.25, 0.3) is 0 Å². The van der Waals surface area contributed by atoms with Gasteiger partial charge in [0.15, 0.2) is 11.5 Å². The van der Waals surface area contributed by atoms with E-state index in [4.69, 9.17) is 24.7 Å². The number of nitriles is 1. The lowest BCUT2D eigenvalue weighted by molar-refractivity contribution is -0.139. The third-order valence-corrected chi connectivity index (χ3v) is 5.55. The van der Waals surface area contributed by atoms with Gasteiger partial charge in [-0.1, -0.05) is 30.3 Å². The molecule has 2 N–H and O–H groups in total. The van der Waals surface area contributed by atoms with Crippen LogP contribution in [0.15, 0.2) is 65.1 Å². The minimum atomic E-state index is -0.940. The van der Waals surface area contributed by atoms with E-state index >= 15 is 0 Å². The highest BCUT2D eigenvalue weighted by atomic mass is 16.5. The number of aryl methyl sites for hydroxylation is 1. The first-order valence-electron chi connectivity index (χ1n) is 10.2. The summed E-state index contributed by atoms with van der Waals surface area (Å²) in [5.41, 5.74) is 8.01. The molecule has 9 heteroatoms. The zero-order chi connectivity index (χ0) is 25.0. The Morgan fingerprint density at radius 2 is 1.56 bits per heavy atom. The van der Waals surface area contributed by atoms with Crippen LogP contribution < -0.4 is 20.1 Å². The Morgan fingerprint density at radius 1 is 0.971 bits per heavy atom. The average Bonchev–Trinajstić information content (AvgIpc) is 2.87. The molecule has 0 aromatic heterocycles. The van der Waals surface area contributed by atoms with E-state index in [1.807, 2.05) is 0 Å². The standard InChI is InChI=1S/C25H25N3O6/c1-14-11-18(31-2)19(32-3)12-17(14)28-22(25(30)34-5)21(24(29)33-4)20(16(13-26)23(28)27)15-9-7-6-8-10-15/h6-12,20H,27H2,1-5H3. The van der Waals surface area contributed by atoms with Gasteiger partial charge in [0.05, 0.1) is 57.3 Å². The molecule has 1 atom stereocenters. The van der Waals surface area contributed by atoms with Gasteiger partial charge in [-0.25, -0.2) is 9.59 Å². The van der Waals surface area contributed by atoms with Crippen molar-refractivity contribution in [3.63, 3.8) is 0 Å². The zero-order valence-corrected chi connectivity index (χ0v) is 19.5. The molecular weight excluding hydrogens is 438 g/mol. The summed E-state index contributed by atoms with van der Waals surface area (Å²) in [6.07, 6.45) is 0. The quantitative estimate of drug-likeness (QED) is 0.644. The van der Waals surface area contributed by atoms with Crippen molar-refractivity contribution >= 4 is 17.6 Å². The van der Waals surface area contributed by atoms with Crippen LogP contribution in [0.4, 0.5) is 5.69 Å². The van der Waals surface area contributed by atoms with E-state index < -0.39 is 17.9 Å². The van der Waals surface area contributed by atoms with Gasteiger partial charge in [-0.3, -0.25) is 4.90 Å². The molecule has 0 amide bonds. The second-order valence-corrected chi connectivity index (χ2v) is 7.33. The van der Waals surface area contributed by atoms with E-state index in [1.54, 1.807) is 49.4 Å². The highest BCUT2D eigenvalue weighted by Gasteiger charge is 2.43. The number of ether oxygens (including phenoxy) is 4. The van der Waals surface area contributed by atoms with Gasteiger partial charge in [0.25, 0.3) is 0 Å².